The molecule has 2 aromatic rings. The van der Waals surface area contributed by atoms with Crippen LogP contribution in [-0.4, -0.2) is 39.7 Å². The van der Waals surface area contributed by atoms with E-state index >= 15 is 0 Å². The molecular formula is C18H20N2O5. The predicted molar refractivity (Wildman–Crippen MR) is 93.5 cm³/mol. The summed E-state index contributed by atoms with van der Waals surface area (Å²) in [6, 6.07) is 11.7. The first-order valence-electron chi connectivity index (χ1n) is 7.51. The quantitative estimate of drug-likeness (QED) is 0.803. The van der Waals surface area contributed by atoms with Gasteiger partial charge in [0.1, 0.15) is 17.2 Å². The van der Waals surface area contributed by atoms with Crippen LogP contribution < -0.4 is 24.8 Å². The molecule has 0 heterocycles. The molecule has 0 bridgehead atoms. The molecule has 2 rings (SSSR count). The van der Waals surface area contributed by atoms with E-state index < -0.39 is 5.91 Å². The molecule has 0 atom stereocenters. The van der Waals surface area contributed by atoms with Gasteiger partial charge < -0.3 is 24.8 Å². The largest absolute Gasteiger partial charge is 0.497 e. The summed E-state index contributed by atoms with van der Waals surface area (Å²) in [6.45, 7) is -0.171. The van der Waals surface area contributed by atoms with Crippen molar-refractivity contribution in [1.82, 2.24) is 5.32 Å². The third-order valence-electron chi connectivity index (χ3n) is 3.38. The summed E-state index contributed by atoms with van der Waals surface area (Å²) >= 11 is 0. The summed E-state index contributed by atoms with van der Waals surface area (Å²) in [5, 5.41) is 5.24. The summed E-state index contributed by atoms with van der Waals surface area (Å²) in [7, 11) is 4.54. The summed E-state index contributed by atoms with van der Waals surface area (Å²) in [5.74, 6) is 0.857. The van der Waals surface area contributed by atoms with Gasteiger partial charge in [-0.3, -0.25) is 9.59 Å². The molecule has 0 aliphatic heterocycles. The van der Waals surface area contributed by atoms with Crippen LogP contribution in [0.3, 0.4) is 0 Å². The van der Waals surface area contributed by atoms with Crippen molar-refractivity contribution in [1.29, 1.82) is 0 Å². The average Bonchev–Trinajstić information content (AvgIpc) is 2.65. The molecule has 0 saturated carbocycles. The number of benzene rings is 2. The number of carbonyl (C=O) groups is 2. The van der Waals surface area contributed by atoms with Crippen LogP contribution in [0.2, 0.25) is 0 Å². The molecule has 2 N–H and O–H groups in total. The number of rotatable bonds is 7. The third-order valence-corrected chi connectivity index (χ3v) is 3.38. The predicted octanol–water partition coefficient (Wildman–Crippen LogP) is 2.08. The minimum Gasteiger partial charge on any atom is -0.497 e. The lowest BCUT2D eigenvalue weighted by Crippen LogP contribution is -2.32. The van der Waals surface area contributed by atoms with E-state index in [9.17, 15) is 9.59 Å². The van der Waals surface area contributed by atoms with Crippen molar-refractivity contribution in [3.63, 3.8) is 0 Å². The van der Waals surface area contributed by atoms with Crippen LogP contribution >= 0.6 is 0 Å². The first-order valence-corrected chi connectivity index (χ1v) is 7.51. The molecule has 132 valence electrons. The highest BCUT2D eigenvalue weighted by molar-refractivity contribution is 5.99. The lowest BCUT2D eigenvalue weighted by molar-refractivity contribution is -0.115. The van der Waals surface area contributed by atoms with E-state index in [1.54, 1.807) is 49.6 Å². The van der Waals surface area contributed by atoms with Crippen LogP contribution in [0.15, 0.2) is 42.5 Å². The Morgan fingerprint density at radius 1 is 0.880 bits per heavy atom. The number of hydrogen-bond donors (Lipinski definition) is 2. The van der Waals surface area contributed by atoms with Crippen molar-refractivity contribution in [3.8, 4) is 17.2 Å². The SMILES string of the molecule is COc1cccc(NC(=O)CNC(=O)c2cc(OC)cc(OC)c2)c1. The first-order chi connectivity index (χ1) is 12.0. The van der Waals surface area contributed by atoms with Gasteiger partial charge in [0.15, 0.2) is 0 Å². The van der Waals surface area contributed by atoms with Crippen LogP contribution in [-0.2, 0) is 4.79 Å². The molecule has 0 aliphatic rings. The Morgan fingerprint density at radius 2 is 1.52 bits per heavy atom. The van der Waals surface area contributed by atoms with E-state index in [0.717, 1.165) is 0 Å². The molecule has 0 fully saturated rings. The molecule has 0 radical (unpaired) electrons. The smallest absolute Gasteiger partial charge is 0.251 e. The minimum absolute atomic E-state index is 0.171. The van der Waals surface area contributed by atoms with Crippen molar-refractivity contribution in [2.75, 3.05) is 33.2 Å². The zero-order valence-electron chi connectivity index (χ0n) is 14.3. The Balaban J connectivity index is 1.96. The van der Waals surface area contributed by atoms with Gasteiger partial charge >= 0.3 is 0 Å². The Kier molecular flexibility index (Phi) is 6.22. The summed E-state index contributed by atoms with van der Waals surface area (Å²) in [5.41, 5.74) is 0.923. The fourth-order valence-electron chi connectivity index (χ4n) is 2.11. The maximum absolute atomic E-state index is 12.2. The molecule has 0 unspecified atom stereocenters. The monoisotopic (exact) mass is 344 g/mol. The first kappa shape index (κ1) is 18.1. The van der Waals surface area contributed by atoms with Crippen molar-refractivity contribution >= 4 is 17.5 Å². The summed E-state index contributed by atoms with van der Waals surface area (Å²) in [6.07, 6.45) is 0. The molecule has 0 aromatic heterocycles. The number of hydrogen-bond acceptors (Lipinski definition) is 5. The van der Waals surface area contributed by atoms with E-state index in [0.29, 0.717) is 28.5 Å². The Morgan fingerprint density at radius 3 is 2.12 bits per heavy atom. The number of methoxy groups -OCH3 is 3. The maximum Gasteiger partial charge on any atom is 0.251 e. The zero-order chi connectivity index (χ0) is 18.2. The van der Waals surface area contributed by atoms with Gasteiger partial charge in [0.25, 0.3) is 5.91 Å². The normalized spacial score (nSPS) is 9.88. The standard InChI is InChI=1S/C18H20N2O5/c1-23-14-6-4-5-13(9-14)20-17(21)11-19-18(22)12-7-15(24-2)10-16(8-12)25-3/h4-10H,11H2,1-3H3,(H,19,22)(H,20,21). The third kappa shape index (κ3) is 5.13. The van der Waals surface area contributed by atoms with Crippen molar-refractivity contribution in [3.05, 3.63) is 48.0 Å². The second-order valence-electron chi connectivity index (χ2n) is 5.06. The number of anilines is 1. The van der Waals surface area contributed by atoms with Gasteiger partial charge in [-0.1, -0.05) is 6.07 Å². The average molecular weight is 344 g/mol. The van der Waals surface area contributed by atoms with Crippen LogP contribution in [0.25, 0.3) is 0 Å². The molecule has 0 saturated heterocycles. The fraction of sp³-hybridized carbons (Fsp3) is 0.222. The van der Waals surface area contributed by atoms with E-state index in [1.165, 1.54) is 14.2 Å². The van der Waals surface area contributed by atoms with E-state index in [1.807, 2.05) is 0 Å². The Hall–Kier alpha value is -3.22. The van der Waals surface area contributed by atoms with Gasteiger partial charge in [-0.15, -0.1) is 0 Å². The molecule has 2 amide bonds. The van der Waals surface area contributed by atoms with E-state index in [2.05, 4.69) is 10.6 Å². The van der Waals surface area contributed by atoms with Gasteiger partial charge in [0, 0.05) is 23.4 Å². The Labute approximate surface area is 145 Å². The van der Waals surface area contributed by atoms with Gasteiger partial charge in [0.05, 0.1) is 27.9 Å². The molecule has 25 heavy (non-hydrogen) atoms. The molecule has 2 aromatic carbocycles. The number of amides is 2. The van der Waals surface area contributed by atoms with E-state index in [-0.39, 0.29) is 12.5 Å². The fourth-order valence-corrected chi connectivity index (χ4v) is 2.11. The van der Waals surface area contributed by atoms with Crippen molar-refractivity contribution in [2.45, 2.75) is 0 Å². The topological polar surface area (TPSA) is 85.9 Å². The van der Waals surface area contributed by atoms with Crippen molar-refractivity contribution in [2.24, 2.45) is 0 Å². The van der Waals surface area contributed by atoms with Crippen LogP contribution in [0.5, 0.6) is 17.2 Å². The highest BCUT2D eigenvalue weighted by Crippen LogP contribution is 2.22. The number of ether oxygens (including phenoxy) is 3. The lowest BCUT2D eigenvalue weighted by atomic mass is 10.2. The van der Waals surface area contributed by atoms with Crippen LogP contribution in [0.4, 0.5) is 5.69 Å². The summed E-state index contributed by atoms with van der Waals surface area (Å²) < 4.78 is 15.3. The maximum atomic E-state index is 12.2. The van der Waals surface area contributed by atoms with Gasteiger partial charge in [-0.25, -0.2) is 0 Å². The second-order valence-corrected chi connectivity index (χ2v) is 5.06. The van der Waals surface area contributed by atoms with E-state index in [4.69, 9.17) is 14.2 Å². The highest BCUT2D eigenvalue weighted by atomic mass is 16.5. The van der Waals surface area contributed by atoms with Gasteiger partial charge in [-0.05, 0) is 24.3 Å². The van der Waals surface area contributed by atoms with Gasteiger partial charge in [-0.2, -0.15) is 0 Å². The molecule has 7 nitrogen and oxygen atoms in total. The Bertz CT molecular complexity index is 739. The van der Waals surface area contributed by atoms with Crippen LogP contribution in [0.1, 0.15) is 10.4 Å². The summed E-state index contributed by atoms with van der Waals surface area (Å²) in [4.78, 5) is 24.2. The van der Waals surface area contributed by atoms with Gasteiger partial charge in [0.2, 0.25) is 5.91 Å². The van der Waals surface area contributed by atoms with Crippen LogP contribution in [0, 0.1) is 0 Å². The zero-order valence-corrected chi connectivity index (χ0v) is 14.3. The lowest BCUT2D eigenvalue weighted by Gasteiger charge is -2.10. The second kappa shape index (κ2) is 8.58. The van der Waals surface area contributed by atoms with Crippen molar-refractivity contribution < 1.29 is 23.8 Å². The molecule has 0 spiro atoms. The molecule has 0 aliphatic carbocycles. The highest BCUT2D eigenvalue weighted by Gasteiger charge is 2.11. The number of nitrogens with one attached hydrogen (secondary N) is 2. The molecule has 7 heteroatoms. The number of carbonyl (C=O) groups excluding carboxylic acids is 2. The molecular weight excluding hydrogens is 324 g/mol. The minimum atomic E-state index is -0.405.